The lowest BCUT2D eigenvalue weighted by Crippen LogP contribution is -2.12. The Kier molecular flexibility index (Phi) is 4.42. The molecule has 1 aromatic carbocycles. The molecule has 1 aromatic heterocycles. The number of rotatable bonds is 6. The molecule has 19 heavy (non-hydrogen) atoms. The van der Waals surface area contributed by atoms with E-state index in [1.165, 1.54) is 17.8 Å². The summed E-state index contributed by atoms with van der Waals surface area (Å²) < 4.78 is 1.61. The van der Waals surface area contributed by atoms with Gasteiger partial charge in [-0.1, -0.05) is 23.9 Å². The van der Waals surface area contributed by atoms with Gasteiger partial charge in [-0.05, 0) is 16.0 Å². The summed E-state index contributed by atoms with van der Waals surface area (Å²) in [6, 6.07) is 6.50. The summed E-state index contributed by atoms with van der Waals surface area (Å²) in [6.45, 7) is 1.000. The molecule has 1 heterocycles. The molecular formula is C10H12N6O2S. The van der Waals surface area contributed by atoms with Crippen LogP contribution in [0.1, 0.15) is 5.56 Å². The fourth-order valence-corrected chi connectivity index (χ4v) is 2.32. The third-order valence-corrected chi connectivity index (χ3v) is 3.36. The van der Waals surface area contributed by atoms with Crippen molar-refractivity contribution in [3.05, 3.63) is 39.9 Å². The molecule has 0 atom stereocenters. The third-order valence-electron chi connectivity index (χ3n) is 2.33. The molecule has 0 radical (unpaired) electrons. The van der Waals surface area contributed by atoms with E-state index in [2.05, 4.69) is 15.5 Å². The highest BCUT2D eigenvalue weighted by molar-refractivity contribution is 7.98. The summed E-state index contributed by atoms with van der Waals surface area (Å²) in [5.41, 5.74) is 6.38. The molecule has 9 heteroatoms. The Morgan fingerprint density at radius 2 is 2.32 bits per heavy atom. The Morgan fingerprint density at radius 1 is 1.47 bits per heavy atom. The monoisotopic (exact) mass is 280 g/mol. The predicted octanol–water partition coefficient (Wildman–Crippen LogP) is 0.832. The molecule has 0 fully saturated rings. The summed E-state index contributed by atoms with van der Waals surface area (Å²) >= 11 is 1.42. The number of thioether (sulfide) groups is 1. The van der Waals surface area contributed by atoms with Crippen molar-refractivity contribution in [3.8, 4) is 0 Å². The predicted molar refractivity (Wildman–Crippen MR) is 69.5 cm³/mol. The molecular weight excluding hydrogens is 268 g/mol. The Hall–Kier alpha value is -2.00. The summed E-state index contributed by atoms with van der Waals surface area (Å²) in [5.74, 6) is 0.562. The van der Waals surface area contributed by atoms with Crippen LogP contribution < -0.4 is 5.73 Å². The lowest BCUT2D eigenvalue weighted by molar-refractivity contribution is -0.384. The van der Waals surface area contributed by atoms with Gasteiger partial charge >= 0.3 is 0 Å². The number of non-ortho nitro benzene ring substituents is 1. The topological polar surface area (TPSA) is 113 Å². The van der Waals surface area contributed by atoms with Crippen molar-refractivity contribution >= 4 is 17.4 Å². The van der Waals surface area contributed by atoms with Crippen LogP contribution in [-0.4, -0.2) is 31.7 Å². The van der Waals surface area contributed by atoms with Crippen LogP contribution in [0.2, 0.25) is 0 Å². The highest BCUT2D eigenvalue weighted by atomic mass is 32.2. The van der Waals surface area contributed by atoms with E-state index in [9.17, 15) is 10.1 Å². The van der Waals surface area contributed by atoms with E-state index in [0.29, 0.717) is 24.0 Å². The van der Waals surface area contributed by atoms with Crippen molar-refractivity contribution in [1.29, 1.82) is 0 Å². The molecule has 2 aromatic rings. The van der Waals surface area contributed by atoms with E-state index < -0.39 is 4.92 Å². The molecule has 0 spiro atoms. The van der Waals surface area contributed by atoms with Crippen molar-refractivity contribution in [2.75, 3.05) is 6.54 Å². The maximum atomic E-state index is 10.7. The van der Waals surface area contributed by atoms with E-state index >= 15 is 0 Å². The molecule has 0 aliphatic rings. The summed E-state index contributed by atoms with van der Waals surface area (Å²) in [7, 11) is 0. The number of nitrogens with zero attached hydrogens (tertiary/aromatic N) is 5. The van der Waals surface area contributed by atoms with Crippen molar-refractivity contribution in [2.45, 2.75) is 17.5 Å². The molecule has 0 aliphatic heterocycles. The Morgan fingerprint density at radius 3 is 3.05 bits per heavy atom. The van der Waals surface area contributed by atoms with E-state index in [1.54, 1.807) is 16.8 Å². The zero-order valence-corrected chi connectivity index (χ0v) is 10.8. The van der Waals surface area contributed by atoms with Gasteiger partial charge in [-0.3, -0.25) is 10.1 Å². The lowest BCUT2D eigenvalue weighted by Gasteiger charge is -2.02. The maximum absolute atomic E-state index is 10.7. The number of nitro benzene ring substituents is 1. The van der Waals surface area contributed by atoms with Crippen LogP contribution in [-0.2, 0) is 12.3 Å². The minimum Gasteiger partial charge on any atom is -0.329 e. The highest BCUT2D eigenvalue weighted by Gasteiger charge is 2.09. The lowest BCUT2D eigenvalue weighted by atomic mass is 10.2. The Labute approximate surface area is 113 Å². The van der Waals surface area contributed by atoms with Gasteiger partial charge in [0, 0.05) is 24.4 Å². The quantitative estimate of drug-likeness (QED) is 0.473. The minimum atomic E-state index is -0.410. The SMILES string of the molecule is NCCn1nnnc1SCc1cccc([N+](=O)[O-])c1. The van der Waals surface area contributed by atoms with Crippen LogP contribution in [0.3, 0.4) is 0 Å². The number of hydrogen-bond donors (Lipinski definition) is 1. The van der Waals surface area contributed by atoms with Gasteiger partial charge in [0.1, 0.15) is 0 Å². The molecule has 0 aliphatic carbocycles. The Balaban J connectivity index is 2.04. The van der Waals surface area contributed by atoms with Gasteiger partial charge < -0.3 is 5.73 Å². The average molecular weight is 280 g/mol. The van der Waals surface area contributed by atoms with Crippen LogP contribution in [0, 0.1) is 10.1 Å². The van der Waals surface area contributed by atoms with Crippen LogP contribution >= 0.6 is 11.8 Å². The summed E-state index contributed by atoms with van der Waals surface area (Å²) in [6.07, 6.45) is 0. The molecule has 2 N–H and O–H groups in total. The molecule has 0 amide bonds. The van der Waals surface area contributed by atoms with Gasteiger partial charge in [-0.2, -0.15) is 0 Å². The molecule has 8 nitrogen and oxygen atoms in total. The normalized spacial score (nSPS) is 10.6. The van der Waals surface area contributed by atoms with E-state index in [4.69, 9.17) is 5.73 Å². The zero-order valence-electron chi connectivity index (χ0n) is 9.97. The number of hydrogen-bond acceptors (Lipinski definition) is 7. The molecule has 0 saturated heterocycles. The van der Waals surface area contributed by atoms with Crippen LogP contribution in [0.4, 0.5) is 5.69 Å². The summed E-state index contributed by atoms with van der Waals surface area (Å²) in [4.78, 5) is 10.3. The zero-order chi connectivity index (χ0) is 13.7. The standard InChI is InChI=1S/C10H12N6O2S/c11-4-5-15-10(12-13-14-15)19-7-8-2-1-3-9(6-8)16(17)18/h1-3,6H,4-5,7,11H2. The first-order valence-electron chi connectivity index (χ1n) is 5.53. The number of tetrazole rings is 1. The van der Waals surface area contributed by atoms with Crippen LogP contribution in [0.5, 0.6) is 0 Å². The second-order valence-corrected chi connectivity index (χ2v) is 4.63. The number of aromatic nitrogens is 4. The first-order chi connectivity index (χ1) is 9.20. The molecule has 0 unspecified atom stereocenters. The van der Waals surface area contributed by atoms with Gasteiger partial charge in [0.2, 0.25) is 5.16 Å². The van der Waals surface area contributed by atoms with E-state index in [1.807, 2.05) is 6.07 Å². The number of nitrogens with two attached hydrogens (primary N) is 1. The van der Waals surface area contributed by atoms with Crippen molar-refractivity contribution in [2.24, 2.45) is 5.73 Å². The Bertz CT molecular complexity index is 573. The first kappa shape index (κ1) is 13.4. The van der Waals surface area contributed by atoms with Gasteiger partial charge in [0.15, 0.2) is 0 Å². The second-order valence-electron chi connectivity index (χ2n) is 3.69. The molecule has 0 saturated carbocycles. The average Bonchev–Trinajstić information content (AvgIpc) is 2.85. The summed E-state index contributed by atoms with van der Waals surface area (Å²) in [5, 5.41) is 22.6. The number of benzene rings is 1. The smallest absolute Gasteiger partial charge is 0.269 e. The highest BCUT2D eigenvalue weighted by Crippen LogP contribution is 2.22. The number of nitro groups is 1. The van der Waals surface area contributed by atoms with Gasteiger partial charge in [-0.15, -0.1) is 5.10 Å². The van der Waals surface area contributed by atoms with Crippen molar-refractivity contribution in [3.63, 3.8) is 0 Å². The van der Waals surface area contributed by atoms with E-state index in [-0.39, 0.29) is 5.69 Å². The fourth-order valence-electron chi connectivity index (χ4n) is 1.47. The molecule has 100 valence electrons. The minimum absolute atomic E-state index is 0.0830. The largest absolute Gasteiger partial charge is 0.329 e. The van der Waals surface area contributed by atoms with Crippen molar-refractivity contribution < 1.29 is 4.92 Å². The molecule has 2 rings (SSSR count). The van der Waals surface area contributed by atoms with Crippen LogP contribution in [0.15, 0.2) is 29.4 Å². The fraction of sp³-hybridized carbons (Fsp3) is 0.300. The maximum Gasteiger partial charge on any atom is 0.269 e. The molecule has 0 bridgehead atoms. The third kappa shape index (κ3) is 3.48. The van der Waals surface area contributed by atoms with Crippen molar-refractivity contribution in [1.82, 2.24) is 20.2 Å². The van der Waals surface area contributed by atoms with Gasteiger partial charge in [0.05, 0.1) is 11.5 Å². The second kappa shape index (κ2) is 6.25. The van der Waals surface area contributed by atoms with E-state index in [0.717, 1.165) is 5.56 Å². The van der Waals surface area contributed by atoms with Crippen LogP contribution in [0.25, 0.3) is 0 Å². The van der Waals surface area contributed by atoms with Gasteiger partial charge in [-0.25, -0.2) is 4.68 Å². The van der Waals surface area contributed by atoms with Gasteiger partial charge in [0.25, 0.3) is 5.69 Å². The first-order valence-corrected chi connectivity index (χ1v) is 6.51.